The summed E-state index contributed by atoms with van der Waals surface area (Å²) >= 11 is 1.54. The first-order valence-electron chi connectivity index (χ1n) is 26.0. The van der Waals surface area contributed by atoms with Gasteiger partial charge in [-0.1, -0.05) is 63.2 Å². The first kappa shape index (κ1) is 59.3. The second-order valence-corrected chi connectivity index (χ2v) is 23.0. The standard InChI is InChI=1S/C55H74FN9O11S/c1-31(34-16-18-36(19-17-34)47-32(2)58-30-77-47)59-50(71)42-26-39(67)27-64(42)52(73)48(54(4,5)6)62-45(69)15-11-13-35-12-10-14-43(46(35)56)75-29-37(20-23-44(57)68)60-49(70)41-22-21-38-24-25-63(33(3)66)28-40(51(72)65(38)41)61-53(74)76-55(7,8)9/h10-12,14-19,30-31,37-42,48,67H,13,20-29H2,1-9H3,(H2,57,68)(H,59,71)(H,60,70)(H,61,74)(H,62,69)/b15-11+/t31-,37-,38+,39+,40-,41-,42-,48+/m0/s1. The summed E-state index contributed by atoms with van der Waals surface area (Å²) in [7, 11) is 0. The summed E-state index contributed by atoms with van der Waals surface area (Å²) in [6.07, 6.45) is 1.71. The van der Waals surface area contributed by atoms with Crippen molar-refractivity contribution < 1.29 is 57.3 Å². The molecule has 8 atom stereocenters. The highest BCUT2D eigenvalue weighted by Crippen LogP contribution is 2.32. The zero-order valence-electron chi connectivity index (χ0n) is 45.4. The zero-order chi connectivity index (χ0) is 56.5. The molecule has 0 bridgehead atoms. The summed E-state index contributed by atoms with van der Waals surface area (Å²) in [6, 6.07) is 6.21. The van der Waals surface area contributed by atoms with Crippen LogP contribution in [0, 0.1) is 18.2 Å². The Morgan fingerprint density at radius 1 is 0.948 bits per heavy atom. The molecule has 20 nitrogen and oxygen atoms in total. The van der Waals surface area contributed by atoms with Crippen LogP contribution in [0.2, 0.25) is 0 Å². The molecular weight excluding hydrogens is 1010 g/mol. The van der Waals surface area contributed by atoms with Crippen molar-refractivity contribution in [3.8, 4) is 16.2 Å². The lowest BCUT2D eigenvalue weighted by atomic mass is 9.85. The lowest BCUT2D eigenvalue weighted by Gasteiger charge is -2.38. The molecule has 6 rings (SSSR count). The molecule has 1 aromatic heterocycles. The number of fused-ring (bicyclic) bond motifs is 1. The molecule has 0 aliphatic carbocycles. The van der Waals surface area contributed by atoms with Crippen molar-refractivity contribution in [2.24, 2.45) is 11.1 Å². The van der Waals surface area contributed by atoms with E-state index in [0.717, 1.165) is 21.7 Å². The third kappa shape index (κ3) is 15.8. The number of alkyl carbamates (subject to hydrolysis) is 1. The van der Waals surface area contributed by atoms with E-state index in [1.54, 1.807) is 64.5 Å². The Morgan fingerprint density at radius 2 is 1.65 bits per heavy atom. The molecule has 3 fully saturated rings. The topological polar surface area (TPSA) is 272 Å². The molecule has 3 aromatic rings. The van der Waals surface area contributed by atoms with Gasteiger partial charge in [-0.2, -0.15) is 0 Å². The Hall–Kier alpha value is -6.94. The molecular formula is C55H74FN9O11S. The molecule has 77 heavy (non-hydrogen) atoms. The van der Waals surface area contributed by atoms with Gasteiger partial charge in [0.15, 0.2) is 11.6 Å². The minimum Gasteiger partial charge on any atom is -0.488 e. The maximum absolute atomic E-state index is 16.1. The largest absolute Gasteiger partial charge is 0.488 e. The summed E-state index contributed by atoms with van der Waals surface area (Å²) < 4.78 is 27.4. The van der Waals surface area contributed by atoms with E-state index in [4.69, 9.17) is 15.2 Å². The average Bonchev–Trinajstić information content (AvgIpc) is 4.12. The number of aryl methyl sites for hydroxylation is 1. The lowest BCUT2D eigenvalue weighted by Crippen LogP contribution is -2.61. The fourth-order valence-electron chi connectivity index (χ4n) is 9.80. The zero-order valence-corrected chi connectivity index (χ0v) is 46.2. The summed E-state index contributed by atoms with van der Waals surface area (Å²) in [5, 5.41) is 21.9. The van der Waals surface area contributed by atoms with Gasteiger partial charge in [0, 0.05) is 38.9 Å². The molecule has 2 aromatic carbocycles. The number of nitrogens with zero attached hydrogens (tertiary/aromatic N) is 4. The molecule has 0 radical (unpaired) electrons. The van der Waals surface area contributed by atoms with Crippen molar-refractivity contribution in [3.63, 3.8) is 0 Å². The summed E-state index contributed by atoms with van der Waals surface area (Å²) in [6.45, 7) is 15.2. The number of hydrogen-bond acceptors (Lipinski definition) is 13. The number of likely N-dealkylation sites (tertiary alicyclic amines) is 1. The van der Waals surface area contributed by atoms with Gasteiger partial charge in [0.05, 0.1) is 40.8 Å². The fraction of sp³-hybridized carbons (Fsp3) is 0.545. The minimum absolute atomic E-state index is 0.0135. The number of carbonyl (C=O) groups is 8. The van der Waals surface area contributed by atoms with Crippen LogP contribution in [0.5, 0.6) is 5.75 Å². The molecule has 3 aliphatic heterocycles. The molecule has 0 spiro atoms. The number of carbonyl (C=O) groups excluding carboxylic acids is 8. The number of nitrogens with two attached hydrogens (primary N) is 1. The number of halogens is 1. The molecule has 4 heterocycles. The smallest absolute Gasteiger partial charge is 0.408 e. The van der Waals surface area contributed by atoms with Gasteiger partial charge in [0.1, 0.15) is 36.4 Å². The first-order valence-corrected chi connectivity index (χ1v) is 26.9. The number of hydrogen-bond donors (Lipinski definition) is 6. The number of aliphatic hydroxyl groups excluding tert-OH is 1. The van der Waals surface area contributed by atoms with Gasteiger partial charge in [-0.25, -0.2) is 14.2 Å². The number of aromatic nitrogens is 1. The average molecular weight is 1090 g/mol. The second-order valence-electron chi connectivity index (χ2n) is 22.1. The number of benzene rings is 2. The number of thiazole rings is 1. The Balaban J connectivity index is 1.07. The number of amides is 8. The van der Waals surface area contributed by atoms with Crippen molar-refractivity contribution in [2.45, 2.75) is 161 Å². The number of nitrogens with one attached hydrogen (secondary N) is 4. The molecule has 418 valence electrons. The molecule has 3 aliphatic rings. The Morgan fingerprint density at radius 3 is 2.29 bits per heavy atom. The van der Waals surface area contributed by atoms with E-state index in [9.17, 15) is 43.5 Å². The summed E-state index contributed by atoms with van der Waals surface area (Å²) in [5.74, 6) is -4.61. The van der Waals surface area contributed by atoms with Gasteiger partial charge >= 0.3 is 6.09 Å². The van der Waals surface area contributed by atoms with Crippen molar-refractivity contribution >= 4 is 58.8 Å². The van der Waals surface area contributed by atoms with Gasteiger partial charge in [0.25, 0.3) is 0 Å². The van der Waals surface area contributed by atoms with E-state index in [-0.39, 0.29) is 75.6 Å². The van der Waals surface area contributed by atoms with Crippen LogP contribution in [-0.2, 0) is 44.7 Å². The van der Waals surface area contributed by atoms with Gasteiger partial charge in [0.2, 0.25) is 41.4 Å². The van der Waals surface area contributed by atoms with Crippen LogP contribution < -0.4 is 31.7 Å². The summed E-state index contributed by atoms with van der Waals surface area (Å²) in [4.78, 5) is 117. The van der Waals surface area contributed by atoms with E-state index in [1.165, 1.54) is 45.9 Å². The van der Waals surface area contributed by atoms with E-state index >= 15 is 4.39 Å². The third-order valence-electron chi connectivity index (χ3n) is 13.8. The molecule has 3 saturated heterocycles. The quantitative estimate of drug-likeness (QED) is 0.0971. The number of aliphatic hydroxyl groups is 1. The highest BCUT2D eigenvalue weighted by molar-refractivity contribution is 7.13. The Kier molecular flexibility index (Phi) is 19.6. The van der Waals surface area contributed by atoms with Crippen LogP contribution in [0.25, 0.3) is 10.4 Å². The Bertz CT molecular complexity index is 2690. The number of primary amides is 1. The minimum atomic E-state index is -1.21. The van der Waals surface area contributed by atoms with Crippen LogP contribution >= 0.6 is 11.3 Å². The summed E-state index contributed by atoms with van der Waals surface area (Å²) in [5.41, 5.74) is 8.50. The normalized spacial score (nSPS) is 21.1. The molecule has 0 unspecified atom stereocenters. The lowest BCUT2D eigenvalue weighted by molar-refractivity contribution is -0.145. The maximum Gasteiger partial charge on any atom is 0.408 e. The molecule has 7 N–H and O–H groups in total. The predicted molar refractivity (Wildman–Crippen MR) is 285 cm³/mol. The van der Waals surface area contributed by atoms with E-state index in [1.807, 2.05) is 38.1 Å². The monoisotopic (exact) mass is 1090 g/mol. The fourth-order valence-corrected chi connectivity index (χ4v) is 10.6. The molecule has 0 saturated carbocycles. The number of allylic oxidation sites excluding steroid dienone is 1. The van der Waals surface area contributed by atoms with E-state index in [2.05, 4.69) is 26.3 Å². The molecule has 8 amide bonds. The van der Waals surface area contributed by atoms with Crippen LogP contribution in [-0.4, -0.2) is 146 Å². The van der Waals surface area contributed by atoms with Crippen LogP contribution in [0.1, 0.15) is 117 Å². The maximum atomic E-state index is 16.1. The van der Waals surface area contributed by atoms with Gasteiger partial charge in [-0.15, -0.1) is 11.3 Å². The van der Waals surface area contributed by atoms with Crippen LogP contribution in [0.3, 0.4) is 0 Å². The van der Waals surface area contributed by atoms with Gasteiger partial charge in [-0.3, -0.25) is 33.6 Å². The highest BCUT2D eigenvalue weighted by atomic mass is 32.1. The first-order chi connectivity index (χ1) is 36.2. The second kappa shape index (κ2) is 25.5. The van der Waals surface area contributed by atoms with Crippen molar-refractivity contribution in [2.75, 3.05) is 26.2 Å². The number of β-amino-alcohol motifs (C(OH)–C–C–N with tert-alkyl or cyclic N) is 1. The van der Waals surface area contributed by atoms with Crippen LogP contribution in [0.15, 0.2) is 60.1 Å². The van der Waals surface area contributed by atoms with E-state index in [0.29, 0.717) is 12.8 Å². The predicted octanol–water partition coefficient (Wildman–Crippen LogP) is 4.36. The van der Waals surface area contributed by atoms with E-state index < -0.39 is 107 Å². The van der Waals surface area contributed by atoms with Crippen molar-refractivity contribution in [3.05, 3.63) is 82.8 Å². The van der Waals surface area contributed by atoms with Gasteiger partial charge < -0.3 is 56.3 Å². The van der Waals surface area contributed by atoms with Gasteiger partial charge in [-0.05, 0) is 101 Å². The third-order valence-corrected chi connectivity index (χ3v) is 14.8. The van der Waals surface area contributed by atoms with Crippen molar-refractivity contribution in [1.82, 2.24) is 41.0 Å². The Labute approximate surface area is 453 Å². The highest BCUT2D eigenvalue weighted by Gasteiger charge is 2.47. The SMILES string of the molecule is CC(=O)N1CC[C@H]2CC[C@@H](C(=O)N[C@@H](CCC(N)=O)COc3cccc(C/C=C/C(=O)N[C@H](C(=O)N4C[C@H](O)C[C@H]4C(=O)N[C@@H](C)c4ccc(-c5scnc5C)cc4)C(C)(C)C)c3F)N2C(=O)[C@@H](NC(=O)OC(C)(C)C)C1. The number of ether oxygens (including phenoxy) is 2. The number of rotatable bonds is 18. The molecule has 22 heteroatoms. The van der Waals surface area contributed by atoms with Crippen LogP contribution in [0.4, 0.5) is 9.18 Å². The van der Waals surface area contributed by atoms with Crippen molar-refractivity contribution in [1.29, 1.82) is 0 Å².